The van der Waals surface area contributed by atoms with Crippen LogP contribution in [-0.2, 0) is 6.42 Å². The fourth-order valence-electron chi connectivity index (χ4n) is 2.21. The molecular formula is C16H12F3N3. The molecule has 1 aromatic heterocycles. The number of nitrogens with zero attached hydrogens (tertiary/aromatic N) is 2. The Morgan fingerprint density at radius 3 is 2.50 bits per heavy atom. The Bertz CT molecular complexity index is 821. The molecule has 3 nitrogen and oxygen atoms in total. The van der Waals surface area contributed by atoms with E-state index in [4.69, 9.17) is 0 Å². The van der Waals surface area contributed by atoms with Gasteiger partial charge in [0.25, 0.3) is 0 Å². The minimum absolute atomic E-state index is 0.354. The molecule has 0 aliphatic rings. The fraction of sp³-hybridized carbons (Fsp3) is 0.125. The zero-order valence-electron chi connectivity index (χ0n) is 11.5. The van der Waals surface area contributed by atoms with Crippen LogP contribution < -0.4 is 5.32 Å². The molecular weight excluding hydrogens is 291 g/mol. The quantitative estimate of drug-likeness (QED) is 0.798. The van der Waals surface area contributed by atoms with Crippen LogP contribution in [0.15, 0.2) is 42.7 Å². The van der Waals surface area contributed by atoms with Crippen LogP contribution in [0.5, 0.6) is 0 Å². The molecule has 0 atom stereocenters. The summed E-state index contributed by atoms with van der Waals surface area (Å²) < 4.78 is 39.7. The normalized spacial score (nSPS) is 10.9. The Kier molecular flexibility index (Phi) is 3.91. The third-order valence-corrected chi connectivity index (χ3v) is 3.30. The van der Waals surface area contributed by atoms with Gasteiger partial charge in [-0.2, -0.15) is 0 Å². The Balaban J connectivity index is 1.75. The highest BCUT2D eigenvalue weighted by Gasteiger charge is 2.06. The number of hydrogen-bond acceptors (Lipinski definition) is 3. The van der Waals surface area contributed by atoms with Crippen LogP contribution in [0, 0.1) is 17.5 Å². The SMILES string of the molecule is Fc1ccc(CCNc2ncnc3ccc(F)cc23)c(F)c1. The van der Waals surface area contributed by atoms with Crippen molar-refractivity contribution in [3.8, 4) is 0 Å². The maximum Gasteiger partial charge on any atom is 0.137 e. The molecule has 0 bridgehead atoms. The van der Waals surface area contributed by atoms with Gasteiger partial charge in [0.1, 0.15) is 29.6 Å². The van der Waals surface area contributed by atoms with Crippen molar-refractivity contribution in [2.75, 3.05) is 11.9 Å². The van der Waals surface area contributed by atoms with Gasteiger partial charge in [0.15, 0.2) is 0 Å². The van der Waals surface area contributed by atoms with Crippen molar-refractivity contribution in [1.29, 1.82) is 0 Å². The molecule has 0 unspecified atom stereocenters. The minimum atomic E-state index is -0.605. The Morgan fingerprint density at radius 1 is 0.909 bits per heavy atom. The molecule has 6 heteroatoms. The summed E-state index contributed by atoms with van der Waals surface area (Å²) in [5, 5.41) is 3.58. The molecule has 3 rings (SSSR count). The van der Waals surface area contributed by atoms with Crippen molar-refractivity contribution in [3.05, 3.63) is 65.7 Å². The van der Waals surface area contributed by atoms with E-state index in [-0.39, 0.29) is 5.82 Å². The van der Waals surface area contributed by atoms with Crippen LogP contribution >= 0.6 is 0 Å². The van der Waals surface area contributed by atoms with Crippen LogP contribution in [0.4, 0.5) is 19.0 Å². The summed E-state index contributed by atoms with van der Waals surface area (Å²) in [5.74, 6) is -1.09. The zero-order chi connectivity index (χ0) is 15.5. The van der Waals surface area contributed by atoms with E-state index >= 15 is 0 Å². The molecule has 0 aliphatic heterocycles. The highest BCUT2D eigenvalue weighted by atomic mass is 19.1. The molecule has 22 heavy (non-hydrogen) atoms. The second-order valence-corrected chi connectivity index (χ2v) is 4.80. The maximum absolute atomic E-state index is 13.5. The summed E-state index contributed by atoms with van der Waals surface area (Å²) in [7, 11) is 0. The predicted octanol–water partition coefficient (Wildman–Crippen LogP) is 3.70. The summed E-state index contributed by atoms with van der Waals surface area (Å²) in [4.78, 5) is 8.13. The first-order valence-corrected chi connectivity index (χ1v) is 6.71. The van der Waals surface area contributed by atoms with Crippen LogP contribution in [-0.4, -0.2) is 16.5 Å². The second-order valence-electron chi connectivity index (χ2n) is 4.80. The molecule has 112 valence electrons. The van der Waals surface area contributed by atoms with Crippen molar-refractivity contribution >= 4 is 16.7 Å². The average molecular weight is 303 g/mol. The molecule has 1 N–H and O–H groups in total. The van der Waals surface area contributed by atoms with E-state index in [9.17, 15) is 13.2 Å². The first kappa shape index (κ1) is 14.3. The van der Waals surface area contributed by atoms with Crippen LogP contribution in [0.1, 0.15) is 5.56 Å². The van der Waals surface area contributed by atoms with Gasteiger partial charge in [-0.25, -0.2) is 23.1 Å². The minimum Gasteiger partial charge on any atom is -0.369 e. The molecule has 0 fully saturated rings. The molecule has 0 saturated heterocycles. The Morgan fingerprint density at radius 2 is 1.68 bits per heavy atom. The molecule has 0 radical (unpaired) electrons. The molecule has 0 amide bonds. The third kappa shape index (κ3) is 3.00. The largest absolute Gasteiger partial charge is 0.369 e. The third-order valence-electron chi connectivity index (χ3n) is 3.30. The summed E-state index contributed by atoms with van der Waals surface area (Å²) >= 11 is 0. The number of halogens is 3. The van der Waals surface area contributed by atoms with E-state index in [1.807, 2.05) is 0 Å². The van der Waals surface area contributed by atoms with Crippen molar-refractivity contribution < 1.29 is 13.2 Å². The monoisotopic (exact) mass is 303 g/mol. The zero-order valence-corrected chi connectivity index (χ0v) is 11.5. The van der Waals surface area contributed by atoms with E-state index in [0.29, 0.717) is 35.2 Å². The van der Waals surface area contributed by atoms with E-state index in [2.05, 4.69) is 15.3 Å². The summed E-state index contributed by atoms with van der Waals surface area (Å²) in [6.45, 7) is 0.380. The van der Waals surface area contributed by atoms with Crippen LogP contribution in [0.25, 0.3) is 10.9 Å². The number of rotatable bonds is 4. The van der Waals surface area contributed by atoms with Gasteiger partial charge in [-0.05, 0) is 36.2 Å². The summed E-state index contributed by atoms with van der Waals surface area (Å²) in [6, 6.07) is 7.71. The lowest BCUT2D eigenvalue weighted by molar-refractivity contribution is 0.572. The van der Waals surface area contributed by atoms with Gasteiger partial charge in [0, 0.05) is 18.0 Å². The van der Waals surface area contributed by atoms with Crippen LogP contribution in [0.2, 0.25) is 0 Å². The second kappa shape index (κ2) is 6.01. The van der Waals surface area contributed by atoms with Crippen LogP contribution in [0.3, 0.4) is 0 Å². The Hall–Kier alpha value is -2.63. The summed E-state index contributed by atoms with van der Waals surface area (Å²) in [5.41, 5.74) is 1.02. The van der Waals surface area contributed by atoms with Crippen molar-refractivity contribution in [1.82, 2.24) is 9.97 Å². The fourth-order valence-corrected chi connectivity index (χ4v) is 2.21. The number of anilines is 1. The first-order valence-electron chi connectivity index (χ1n) is 6.71. The smallest absolute Gasteiger partial charge is 0.137 e. The molecule has 2 aromatic carbocycles. The maximum atomic E-state index is 13.5. The highest BCUT2D eigenvalue weighted by molar-refractivity contribution is 5.88. The number of hydrogen-bond donors (Lipinski definition) is 1. The van der Waals surface area contributed by atoms with Gasteiger partial charge in [0.05, 0.1) is 5.52 Å². The van der Waals surface area contributed by atoms with Gasteiger partial charge in [-0.3, -0.25) is 0 Å². The van der Waals surface area contributed by atoms with Gasteiger partial charge in [0.2, 0.25) is 0 Å². The number of fused-ring (bicyclic) bond motifs is 1. The van der Waals surface area contributed by atoms with Gasteiger partial charge >= 0.3 is 0 Å². The van der Waals surface area contributed by atoms with E-state index < -0.39 is 11.6 Å². The lowest BCUT2D eigenvalue weighted by Crippen LogP contribution is -2.08. The van der Waals surface area contributed by atoms with E-state index in [1.165, 1.54) is 30.6 Å². The van der Waals surface area contributed by atoms with Gasteiger partial charge in [-0.15, -0.1) is 0 Å². The van der Waals surface area contributed by atoms with Crippen molar-refractivity contribution in [2.24, 2.45) is 0 Å². The van der Waals surface area contributed by atoms with Crippen molar-refractivity contribution in [3.63, 3.8) is 0 Å². The molecule has 3 aromatic rings. The molecule has 0 saturated carbocycles. The number of benzene rings is 2. The first-order chi connectivity index (χ1) is 10.6. The number of nitrogens with one attached hydrogen (secondary N) is 1. The predicted molar refractivity (Wildman–Crippen MR) is 78.0 cm³/mol. The topological polar surface area (TPSA) is 37.8 Å². The standard InChI is InChI=1S/C16H12F3N3/c17-11-3-4-15-13(7-11)16(22-9-21-15)20-6-5-10-1-2-12(18)8-14(10)19/h1-4,7-9H,5-6H2,(H,20,21,22). The number of aromatic nitrogens is 2. The Labute approximate surface area is 124 Å². The summed E-state index contributed by atoms with van der Waals surface area (Å²) in [6.07, 6.45) is 1.73. The van der Waals surface area contributed by atoms with Gasteiger partial charge in [-0.1, -0.05) is 6.07 Å². The lowest BCUT2D eigenvalue weighted by atomic mass is 10.1. The lowest BCUT2D eigenvalue weighted by Gasteiger charge is -2.09. The molecule has 0 aliphatic carbocycles. The highest BCUT2D eigenvalue weighted by Crippen LogP contribution is 2.20. The van der Waals surface area contributed by atoms with E-state index in [0.717, 1.165) is 6.07 Å². The molecule has 1 heterocycles. The van der Waals surface area contributed by atoms with Crippen molar-refractivity contribution in [2.45, 2.75) is 6.42 Å². The average Bonchev–Trinajstić information content (AvgIpc) is 2.50. The van der Waals surface area contributed by atoms with Gasteiger partial charge < -0.3 is 5.32 Å². The molecule has 0 spiro atoms. The van der Waals surface area contributed by atoms with E-state index in [1.54, 1.807) is 6.07 Å².